The van der Waals surface area contributed by atoms with E-state index in [0.717, 1.165) is 30.5 Å². The van der Waals surface area contributed by atoms with Crippen LogP contribution < -0.4 is 5.32 Å². The van der Waals surface area contributed by atoms with Crippen molar-refractivity contribution < 1.29 is 9.32 Å². The highest BCUT2D eigenvalue weighted by atomic mass is 16.5. The molecule has 1 saturated heterocycles. The first-order valence-corrected chi connectivity index (χ1v) is 8.79. The molecule has 0 radical (unpaired) electrons. The number of nitrogens with zero attached hydrogens (tertiary/aromatic N) is 3. The zero-order valence-electron chi connectivity index (χ0n) is 15.4. The molecule has 0 saturated carbocycles. The van der Waals surface area contributed by atoms with Gasteiger partial charge in [0.1, 0.15) is 0 Å². The number of hydrogen-bond donors (Lipinski definition) is 1. The van der Waals surface area contributed by atoms with Gasteiger partial charge in [-0.05, 0) is 46.6 Å². The summed E-state index contributed by atoms with van der Waals surface area (Å²) in [6, 6.07) is 8.01. The molecule has 2 heterocycles. The van der Waals surface area contributed by atoms with E-state index in [9.17, 15) is 4.79 Å². The standard InChI is InChI=1S/C19H26N4O2/c1-13-7-5-8-14(11-13)16-20-17(25-22-16)15-9-6-10-23(12-15)18(24)21-19(2,3)4/h5,7-8,11,15H,6,9-10,12H2,1-4H3,(H,21,24). The fraction of sp³-hybridized carbons (Fsp3) is 0.526. The second-order valence-corrected chi connectivity index (χ2v) is 7.79. The topological polar surface area (TPSA) is 71.3 Å². The fourth-order valence-electron chi connectivity index (χ4n) is 3.07. The molecule has 1 atom stereocenters. The Morgan fingerprint density at radius 1 is 1.36 bits per heavy atom. The zero-order chi connectivity index (χ0) is 18.0. The van der Waals surface area contributed by atoms with E-state index in [1.165, 1.54) is 0 Å². The lowest BCUT2D eigenvalue weighted by Gasteiger charge is -2.33. The predicted octanol–water partition coefficient (Wildman–Crippen LogP) is 3.73. The van der Waals surface area contributed by atoms with Crippen LogP contribution in [0, 0.1) is 6.92 Å². The molecule has 2 aromatic rings. The summed E-state index contributed by atoms with van der Waals surface area (Å²) in [5.41, 5.74) is 1.87. The minimum atomic E-state index is -0.243. The van der Waals surface area contributed by atoms with Crippen molar-refractivity contribution in [3.63, 3.8) is 0 Å². The molecule has 1 aliphatic heterocycles. The first-order valence-electron chi connectivity index (χ1n) is 8.79. The molecule has 134 valence electrons. The molecule has 3 rings (SSSR count). The van der Waals surface area contributed by atoms with Crippen molar-refractivity contribution >= 4 is 6.03 Å². The summed E-state index contributed by atoms with van der Waals surface area (Å²) in [4.78, 5) is 18.8. The maximum Gasteiger partial charge on any atom is 0.317 e. The number of carbonyl (C=O) groups is 1. The quantitative estimate of drug-likeness (QED) is 0.902. The highest BCUT2D eigenvalue weighted by Gasteiger charge is 2.30. The van der Waals surface area contributed by atoms with Gasteiger partial charge in [0, 0.05) is 24.2 Å². The molecule has 0 bridgehead atoms. The average molecular weight is 342 g/mol. The number of benzene rings is 1. The van der Waals surface area contributed by atoms with Crippen LogP contribution >= 0.6 is 0 Å². The lowest BCUT2D eigenvalue weighted by atomic mass is 9.98. The van der Waals surface area contributed by atoms with E-state index in [2.05, 4.69) is 15.5 Å². The molecule has 1 aliphatic rings. The second kappa shape index (κ2) is 6.86. The van der Waals surface area contributed by atoms with Crippen LogP contribution in [0.4, 0.5) is 4.79 Å². The highest BCUT2D eigenvalue weighted by Crippen LogP contribution is 2.28. The summed E-state index contributed by atoms with van der Waals surface area (Å²) in [7, 11) is 0. The molecule has 0 spiro atoms. The Balaban J connectivity index is 1.71. The Bertz CT molecular complexity index is 748. The van der Waals surface area contributed by atoms with Gasteiger partial charge in [-0.25, -0.2) is 4.79 Å². The average Bonchev–Trinajstić information content (AvgIpc) is 3.03. The van der Waals surface area contributed by atoms with E-state index in [1.54, 1.807) is 0 Å². The summed E-state index contributed by atoms with van der Waals surface area (Å²) in [6.45, 7) is 9.36. The number of hydrogen-bond acceptors (Lipinski definition) is 4. The number of aryl methyl sites for hydroxylation is 1. The Hall–Kier alpha value is -2.37. The van der Waals surface area contributed by atoms with Crippen LogP contribution in [0.25, 0.3) is 11.4 Å². The van der Waals surface area contributed by atoms with Crippen molar-refractivity contribution in [3.05, 3.63) is 35.7 Å². The summed E-state index contributed by atoms with van der Waals surface area (Å²) in [6.07, 6.45) is 1.89. The van der Waals surface area contributed by atoms with Crippen LogP contribution in [0.1, 0.15) is 51.0 Å². The van der Waals surface area contributed by atoms with E-state index < -0.39 is 0 Å². The smallest absolute Gasteiger partial charge is 0.317 e. The summed E-state index contributed by atoms with van der Waals surface area (Å²) in [5, 5.41) is 7.15. The minimum absolute atomic E-state index is 0.0318. The first-order chi connectivity index (χ1) is 11.8. The lowest BCUT2D eigenvalue weighted by Crippen LogP contribution is -2.51. The molecular weight excluding hydrogens is 316 g/mol. The fourth-order valence-corrected chi connectivity index (χ4v) is 3.07. The van der Waals surface area contributed by atoms with Crippen LogP contribution in [0.3, 0.4) is 0 Å². The Labute approximate surface area is 148 Å². The summed E-state index contributed by atoms with van der Waals surface area (Å²) < 4.78 is 5.51. The predicted molar refractivity (Wildman–Crippen MR) is 96.3 cm³/mol. The third-order valence-electron chi connectivity index (χ3n) is 4.26. The molecule has 1 N–H and O–H groups in total. The number of aromatic nitrogens is 2. The minimum Gasteiger partial charge on any atom is -0.339 e. The Morgan fingerprint density at radius 2 is 2.16 bits per heavy atom. The number of carbonyl (C=O) groups excluding carboxylic acids is 1. The molecule has 0 aliphatic carbocycles. The largest absolute Gasteiger partial charge is 0.339 e. The molecular formula is C19H26N4O2. The van der Waals surface area contributed by atoms with Crippen molar-refractivity contribution in [2.24, 2.45) is 0 Å². The van der Waals surface area contributed by atoms with Crippen LogP contribution in [0.2, 0.25) is 0 Å². The Morgan fingerprint density at radius 3 is 2.88 bits per heavy atom. The molecule has 1 aromatic carbocycles. The maximum absolute atomic E-state index is 12.4. The van der Waals surface area contributed by atoms with Gasteiger partial charge < -0.3 is 14.7 Å². The van der Waals surface area contributed by atoms with Crippen LogP contribution in [-0.2, 0) is 0 Å². The van der Waals surface area contributed by atoms with Crippen molar-refractivity contribution in [1.82, 2.24) is 20.4 Å². The van der Waals surface area contributed by atoms with Gasteiger partial charge in [-0.2, -0.15) is 4.98 Å². The molecule has 1 fully saturated rings. The van der Waals surface area contributed by atoms with Gasteiger partial charge >= 0.3 is 6.03 Å². The molecule has 1 unspecified atom stereocenters. The van der Waals surface area contributed by atoms with Gasteiger partial charge in [-0.15, -0.1) is 0 Å². The van der Waals surface area contributed by atoms with Gasteiger partial charge in [0.2, 0.25) is 11.7 Å². The van der Waals surface area contributed by atoms with Crippen molar-refractivity contribution in [3.8, 4) is 11.4 Å². The van der Waals surface area contributed by atoms with Gasteiger partial charge in [0.15, 0.2) is 0 Å². The second-order valence-electron chi connectivity index (χ2n) is 7.79. The molecule has 6 heteroatoms. The molecule has 1 aromatic heterocycles. The third-order valence-corrected chi connectivity index (χ3v) is 4.26. The number of nitrogens with one attached hydrogen (secondary N) is 1. The van der Waals surface area contributed by atoms with E-state index in [-0.39, 0.29) is 17.5 Å². The van der Waals surface area contributed by atoms with Crippen molar-refractivity contribution in [2.45, 2.75) is 52.0 Å². The maximum atomic E-state index is 12.4. The van der Waals surface area contributed by atoms with E-state index in [1.807, 2.05) is 56.9 Å². The molecule has 2 amide bonds. The van der Waals surface area contributed by atoms with Gasteiger partial charge in [-0.3, -0.25) is 0 Å². The molecule has 6 nitrogen and oxygen atoms in total. The number of rotatable bonds is 2. The van der Waals surface area contributed by atoms with Gasteiger partial charge in [-0.1, -0.05) is 28.9 Å². The van der Waals surface area contributed by atoms with Gasteiger partial charge in [0.05, 0.1) is 5.92 Å². The molecule has 25 heavy (non-hydrogen) atoms. The van der Waals surface area contributed by atoms with Crippen LogP contribution in [0.5, 0.6) is 0 Å². The number of likely N-dealkylation sites (tertiary alicyclic amines) is 1. The first kappa shape index (κ1) is 17.5. The van der Waals surface area contributed by atoms with Gasteiger partial charge in [0.25, 0.3) is 0 Å². The normalized spacial score (nSPS) is 18.2. The zero-order valence-corrected chi connectivity index (χ0v) is 15.4. The number of amides is 2. The highest BCUT2D eigenvalue weighted by molar-refractivity contribution is 5.75. The summed E-state index contributed by atoms with van der Waals surface area (Å²) >= 11 is 0. The van der Waals surface area contributed by atoms with Crippen LogP contribution in [0.15, 0.2) is 28.8 Å². The van der Waals surface area contributed by atoms with E-state index >= 15 is 0 Å². The third kappa shape index (κ3) is 4.38. The Kier molecular flexibility index (Phi) is 4.79. The van der Waals surface area contributed by atoms with Crippen LogP contribution in [-0.4, -0.2) is 39.7 Å². The van der Waals surface area contributed by atoms with Crippen molar-refractivity contribution in [1.29, 1.82) is 0 Å². The number of urea groups is 1. The summed E-state index contributed by atoms with van der Waals surface area (Å²) in [5.74, 6) is 1.31. The van der Waals surface area contributed by atoms with E-state index in [4.69, 9.17) is 4.52 Å². The SMILES string of the molecule is Cc1cccc(-c2noc(C3CCCN(C(=O)NC(C)(C)C)C3)n2)c1. The van der Waals surface area contributed by atoms with E-state index in [0.29, 0.717) is 18.3 Å². The lowest BCUT2D eigenvalue weighted by molar-refractivity contribution is 0.164. The number of piperidine rings is 1. The monoisotopic (exact) mass is 342 g/mol. The van der Waals surface area contributed by atoms with Crippen molar-refractivity contribution in [2.75, 3.05) is 13.1 Å².